The van der Waals surface area contributed by atoms with Crippen molar-refractivity contribution in [2.45, 2.75) is 152 Å². The van der Waals surface area contributed by atoms with Crippen molar-refractivity contribution in [1.82, 2.24) is 15.2 Å². The van der Waals surface area contributed by atoms with Crippen LogP contribution in [0.25, 0.3) is 0 Å². The molecule has 1 aromatic rings. The SMILES string of the molecule is CC(=O)NCCN(Cc1ccncc1)CC(O)C12CC[C@]3(C)[C@H](CC[C@@H]4[C@@]5(C)CC[C@H](OC(=O)CC(C)(C)C(=O)O)C(C)(C)[C@@H]5CC[C@]43C)C1=C(C(C)C)C(=O)C2. The number of carboxylic acids is 1. The van der Waals surface area contributed by atoms with Crippen LogP contribution in [0.5, 0.6) is 0 Å². The molecule has 1 amide bonds. The van der Waals surface area contributed by atoms with Gasteiger partial charge in [0.05, 0.1) is 17.9 Å². The number of aromatic nitrogens is 1. The minimum Gasteiger partial charge on any atom is -0.481 e. The highest BCUT2D eigenvalue weighted by molar-refractivity contribution is 6.00. The van der Waals surface area contributed by atoms with Gasteiger partial charge in [-0.25, -0.2) is 0 Å². The molecule has 1 heterocycles. The van der Waals surface area contributed by atoms with E-state index in [2.05, 4.69) is 63.7 Å². The average molecular weight is 790 g/mol. The van der Waals surface area contributed by atoms with Gasteiger partial charge in [0.2, 0.25) is 5.91 Å². The number of allylic oxidation sites excluding steroid dienone is 1. The Balaban J connectivity index is 1.28. The molecule has 0 aliphatic heterocycles. The van der Waals surface area contributed by atoms with Crippen LogP contribution in [-0.4, -0.2) is 75.6 Å². The number of aliphatic carboxylic acids is 1. The summed E-state index contributed by atoms with van der Waals surface area (Å²) in [7, 11) is 0. The molecule has 1 aromatic heterocycles. The zero-order chi connectivity index (χ0) is 41.9. The number of rotatable bonds is 13. The number of ketones is 1. The largest absolute Gasteiger partial charge is 0.481 e. The molecule has 4 saturated carbocycles. The van der Waals surface area contributed by atoms with Gasteiger partial charge in [0.25, 0.3) is 0 Å². The maximum absolute atomic E-state index is 14.3. The van der Waals surface area contributed by atoms with E-state index in [0.717, 1.165) is 62.5 Å². The maximum atomic E-state index is 14.3. The number of carbonyl (C=O) groups is 4. The van der Waals surface area contributed by atoms with E-state index in [-0.39, 0.29) is 57.7 Å². The van der Waals surface area contributed by atoms with E-state index < -0.39 is 28.9 Å². The van der Waals surface area contributed by atoms with E-state index in [1.807, 2.05) is 12.1 Å². The highest BCUT2D eigenvalue weighted by Gasteiger charge is 2.71. The lowest BCUT2D eigenvalue weighted by molar-refractivity contribution is -0.235. The van der Waals surface area contributed by atoms with Gasteiger partial charge in [-0.05, 0) is 128 Å². The molecule has 57 heavy (non-hydrogen) atoms. The topological polar surface area (TPSA) is 146 Å². The summed E-state index contributed by atoms with van der Waals surface area (Å²) in [5.74, 6) is -0.256. The van der Waals surface area contributed by atoms with Gasteiger partial charge < -0.3 is 20.3 Å². The fourth-order valence-corrected chi connectivity index (χ4v) is 13.7. The lowest BCUT2D eigenvalue weighted by Crippen LogP contribution is -2.66. The monoisotopic (exact) mass is 790 g/mol. The quantitative estimate of drug-likeness (QED) is 0.171. The van der Waals surface area contributed by atoms with E-state index in [0.29, 0.717) is 44.4 Å². The Morgan fingerprint density at radius 3 is 2.28 bits per heavy atom. The number of fused-ring (bicyclic) bond motifs is 7. The average Bonchev–Trinajstić information content (AvgIpc) is 3.43. The Kier molecular flexibility index (Phi) is 11.8. The molecular weight excluding hydrogens is 719 g/mol. The molecule has 10 nitrogen and oxygen atoms in total. The third-order valence-electron chi connectivity index (χ3n) is 16.9. The summed E-state index contributed by atoms with van der Waals surface area (Å²) in [5.41, 5.74) is 1.21. The fourth-order valence-electron chi connectivity index (χ4n) is 13.7. The van der Waals surface area contributed by atoms with Crippen molar-refractivity contribution in [3.05, 3.63) is 41.2 Å². The van der Waals surface area contributed by atoms with Gasteiger partial charge in [-0.15, -0.1) is 0 Å². The number of hydrogen-bond acceptors (Lipinski definition) is 8. The maximum Gasteiger partial charge on any atom is 0.309 e. The lowest BCUT2D eigenvalue weighted by Gasteiger charge is -2.72. The second kappa shape index (κ2) is 15.5. The Bertz CT molecular complexity index is 1760. The predicted octanol–water partition coefficient (Wildman–Crippen LogP) is 7.77. The molecule has 0 radical (unpaired) electrons. The fraction of sp³-hybridized carbons (Fsp3) is 0.766. The van der Waals surface area contributed by atoms with E-state index in [4.69, 9.17) is 4.74 Å². The smallest absolute Gasteiger partial charge is 0.309 e. The van der Waals surface area contributed by atoms with Gasteiger partial charge in [-0.1, -0.05) is 54.0 Å². The van der Waals surface area contributed by atoms with Crippen LogP contribution in [0.15, 0.2) is 35.7 Å². The highest BCUT2D eigenvalue weighted by atomic mass is 16.5. The summed E-state index contributed by atoms with van der Waals surface area (Å²) in [5, 5.41) is 25.2. The van der Waals surface area contributed by atoms with Crippen LogP contribution in [0.2, 0.25) is 0 Å². The number of aliphatic hydroxyl groups excluding tert-OH is 1. The number of esters is 1. The van der Waals surface area contributed by atoms with Gasteiger partial charge in [-0.2, -0.15) is 0 Å². The first-order valence-corrected chi connectivity index (χ1v) is 21.8. The van der Waals surface area contributed by atoms with E-state index in [9.17, 15) is 29.4 Å². The molecule has 2 unspecified atom stereocenters. The van der Waals surface area contributed by atoms with Gasteiger partial charge >= 0.3 is 11.9 Å². The second-order valence-electron chi connectivity index (χ2n) is 21.1. The molecule has 3 N–H and O–H groups in total. The number of amides is 1. The lowest BCUT2D eigenvalue weighted by atomic mass is 9.33. The molecule has 9 atom stereocenters. The summed E-state index contributed by atoms with van der Waals surface area (Å²) in [6.45, 7) is 23.1. The first-order chi connectivity index (χ1) is 26.5. The molecule has 10 heteroatoms. The molecule has 316 valence electrons. The number of Topliss-reactive ketones (excluding diaryl/α,β-unsaturated/α-hetero) is 1. The molecule has 0 aromatic carbocycles. The van der Waals surface area contributed by atoms with Crippen molar-refractivity contribution in [2.24, 2.45) is 56.2 Å². The van der Waals surface area contributed by atoms with Crippen LogP contribution in [0.1, 0.15) is 139 Å². The van der Waals surface area contributed by atoms with Crippen LogP contribution < -0.4 is 5.32 Å². The Labute approximate surface area is 341 Å². The summed E-state index contributed by atoms with van der Waals surface area (Å²) >= 11 is 0. The first kappa shape index (κ1) is 43.5. The Morgan fingerprint density at radius 1 is 0.965 bits per heavy atom. The number of nitrogens with zero attached hydrogens (tertiary/aromatic N) is 2. The highest BCUT2D eigenvalue weighted by Crippen LogP contribution is 2.77. The van der Waals surface area contributed by atoms with Crippen molar-refractivity contribution < 1.29 is 34.1 Å². The molecular formula is C47H71N3O7. The number of ether oxygens (including phenoxy) is 1. The van der Waals surface area contributed by atoms with Crippen molar-refractivity contribution in [3.8, 4) is 0 Å². The molecule has 0 bridgehead atoms. The summed E-state index contributed by atoms with van der Waals surface area (Å²) in [4.78, 5) is 57.4. The van der Waals surface area contributed by atoms with Crippen molar-refractivity contribution in [1.29, 1.82) is 0 Å². The van der Waals surface area contributed by atoms with E-state index >= 15 is 0 Å². The van der Waals surface area contributed by atoms with Crippen LogP contribution in [0.3, 0.4) is 0 Å². The van der Waals surface area contributed by atoms with Crippen LogP contribution >= 0.6 is 0 Å². The second-order valence-corrected chi connectivity index (χ2v) is 21.1. The number of pyridine rings is 1. The zero-order valence-corrected chi connectivity index (χ0v) is 36.5. The number of nitrogens with one attached hydrogen (secondary N) is 1. The standard InChI is InChI=1S/C47H71N3O7/c1-29(2)39-33(52)25-47(36(53)28-50(24-23-49-30(3)51)27-31-15-21-48-22-16-31)20-19-45(9)32(40(39)47)11-12-35-44(8)17-14-37(57-38(54)26-42(4,5)41(55)56)43(6,7)34(44)13-18-46(35,45)10/h15-16,21-22,29,32,34-37,53H,11-14,17-20,23-28H2,1-10H3,(H,49,51)(H,55,56)/t32-,34+,35-,36?,37+,44+,45-,46-,47?/m1/s1. The number of carbonyl (C=O) groups excluding carboxylic acids is 3. The molecule has 4 fully saturated rings. The minimum atomic E-state index is -1.18. The van der Waals surface area contributed by atoms with Gasteiger partial charge in [0.1, 0.15) is 6.10 Å². The Morgan fingerprint density at radius 2 is 1.65 bits per heavy atom. The molecule has 5 aliphatic carbocycles. The molecule has 0 saturated heterocycles. The van der Waals surface area contributed by atoms with Crippen LogP contribution in [0.4, 0.5) is 0 Å². The third-order valence-corrected chi connectivity index (χ3v) is 16.9. The summed E-state index contributed by atoms with van der Waals surface area (Å²) in [6, 6.07) is 3.97. The number of hydrogen-bond donors (Lipinski definition) is 3. The molecule has 0 spiro atoms. The van der Waals surface area contributed by atoms with Crippen molar-refractivity contribution >= 4 is 23.6 Å². The van der Waals surface area contributed by atoms with Crippen LogP contribution in [0, 0.1) is 56.2 Å². The normalized spacial score (nSPS) is 35.2. The van der Waals surface area contributed by atoms with Crippen molar-refractivity contribution in [2.75, 3.05) is 19.6 Å². The summed E-state index contributed by atoms with van der Waals surface area (Å²) in [6.07, 6.45) is 10.3. The van der Waals surface area contributed by atoms with Crippen LogP contribution in [-0.2, 0) is 30.5 Å². The van der Waals surface area contributed by atoms with Gasteiger partial charge in [0, 0.05) is 62.7 Å². The molecule has 6 rings (SSSR count). The van der Waals surface area contributed by atoms with Gasteiger partial charge in [0.15, 0.2) is 5.78 Å². The zero-order valence-electron chi connectivity index (χ0n) is 36.5. The van der Waals surface area contributed by atoms with Crippen molar-refractivity contribution in [3.63, 3.8) is 0 Å². The molecule has 5 aliphatic rings. The predicted molar refractivity (Wildman–Crippen MR) is 220 cm³/mol. The van der Waals surface area contributed by atoms with Gasteiger partial charge in [-0.3, -0.25) is 29.1 Å². The minimum absolute atomic E-state index is 0.00977. The number of carboxylic acid groups (broad SMARTS) is 1. The van der Waals surface area contributed by atoms with E-state index in [1.54, 1.807) is 26.2 Å². The summed E-state index contributed by atoms with van der Waals surface area (Å²) < 4.78 is 6.18. The third kappa shape index (κ3) is 7.42. The first-order valence-electron chi connectivity index (χ1n) is 21.8. The number of aliphatic hydroxyl groups is 1. The van der Waals surface area contributed by atoms with E-state index in [1.165, 1.54) is 12.5 Å². The Hall–Kier alpha value is -3.11.